The van der Waals surface area contributed by atoms with Crippen LogP contribution in [-0.2, 0) is 16.6 Å². The first-order valence-electron chi connectivity index (χ1n) is 10.6. The van der Waals surface area contributed by atoms with Crippen molar-refractivity contribution in [3.63, 3.8) is 0 Å². The molecule has 162 valence electrons. The van der Waals surface area contributed by atoms with Crippen molar-refractivity contribution in [2.75, 3.05) is 11.9 Å². The Morgan fingerprint density at radius 2 is 2.03 bits per heavy atom. The van der Waals surface area contributed by atoms with Gasteiger partial charge in [-0.15, -0.1) is 0 Å². The lowest BCUT2D eigenvalue weighted by Gasteiger charge is -2.21. The summed E-state index contributed by atoms with van der Waals surface area (Å²) in [5, 5.41) is 10.8. The number of nitrogens with one attached hydrogen (secondary N) is 2. The van der Waals surface area contributed by atoms with Crippen LogP contribution in [0.25, 0.3) is 10.9 Å². The third kappa shape index (κ3) is 4.13. The first-order valence-corrected chi connectivity index (χ1v) is 10.6. The molecule has 0 radical (unpaired) electrons. The number of rotatable bonds is 3. The van der Waals surface area contributed by atoms with E-state index in [0.29, 0.717) is 16.6 Å². The number of ether oxygens (including phenoxy) is 1. The van der Waals surface area contributed by atoms with Gasteiger partial charge < -0.3 is 15.4 Å². The second-order valence-corrected chi connectivity index (χ2v) is 8.85. The van der Waals surface area contributed by atoms with Gasteiger partial charge in [0.2, 0.25) is 0 Å². The Labute approximate surface area is 181 Å². The molecule has 7 nitrogen and oxygen atoms in total. The zero-order valence-corrected chi connectivity index (χ0v) is 18.4. The number of urea groups is 1. The summed E-state index contributed by atoms with van der Waals surface area (Å²) in [5.74, 6) is 0. The number of hydrogen-bond donors (Lipinski definition) is 2. The number of nitrogens with zero attached hydrogens (tertiary/aromatic N) is 2. The Morgan fingerprint density at radius 1 is 1.23 bits per heavy atom. The average Bonchev–Trinajstić information content (AvgIpc) is 3.32. The Hall–Kier alpha value is -3.35. The first kappa shape index (κ1) is 20.9. The van der Waals surface area contributed by atoms with Gasteiger partial charge in [-0.05, 0) is 54.0 Å². The molecular weight excluding hydrogens is 392 g/mol. The number of hydrogen-bond acceptors (Lipinski definition) is 4. The Morgan fingerprint density at radius 3 is 2.77 bits per heavy atom. The largest absolute Gasteiger partial charge is 0.448 e. The van der Waals surface area contributed by atoms with E-state index in [1.165, 1.54) is 21.4 Å². The van der Waals surface area contributed by atoms with E-state index >= 15 is 0 Å². The fourth-order valence-electron chi connectivity index (χ4n) is 4.04. The van der Waals surface area contributed by atoms with Gasteiger partial charge in [-0.25, -0.2) is 9.59 Å². The highest BCUT2D eigenvalue weighted by Gasteiger charge is 2.26. The summed E-state index contributed by atoms with van der Waals surface area (Å²) in [4.78, 5) is 24.8. The molecule has 7 heteroatoms. The van der Waals surface area contributed by atoms with E-state index in [1.54, 1.807) is 31.3 Å². The smallest absolute Gasteiger partial charge is 0.435 e. The van der Waals surface area contributed by atoms with Crippen molar-refractivity contribution < 1.29 is 14.3 Å². The quantitative estimate of drug-likeness (QED) is 0.614. The molecule has 0 saturated carbocycles. The number of aromatic nitrogens is 2. The predicted molar refractivity (Wildman–Crippen MR) is 121 cm³/mol. The maximum atomic E-state index is 12.8. The molecule has 0 fully saturated rings. The number of amides is 2. The van der Waals surface area contributed by atoms with Crippen LogP contribution in [0, 0.1) is 0 Å². The monoisotopic (exact) mass is 420 g/mol. The highest BCUT2D eigenvalue weighted by Crippen LogP contribution is 2.34. The molecule has 1 aromatic heterocycles. The fraction of sp³-hybridized carbons (Fsp3) is 0.375. The van der Waals surface area contributed by atoms with Gasteiger partial charge in [-0.2, -0.15) is 9.78 Å². The van der Waals surface area contributed by atoms with Gasteiger partial charge in [0.05, 0.1) is 30.0 Å². The van der Waals surface area contributed by atoms with Crippen LogP contribution in [0.1, 0.15) is 56.8 Å². The highest BCUT2D eigenvalue weighted by molar-refractivity contribution is 6.02. The average molecular weight is 421 g/mol. The highest BCUT2D eigenvalue weighted by atomic mass is 16.5. The predicted octanol–water partition coefficient (Wildman–Crippen LogP) is 5.15. The number of carbonyl (C=O) groups is 2. The van der Waals surface area contributed by atoms with E-state index in [9.17, 15) is 9.59 Å². The van der Waals surface area contributed by atoms with Crippen molar-refractivity contribution in [1.29, 1.82) is 0 Å². The van der Waals surface area contributed by atoms with Crippen LogP contribution in [0.15, 0.2) is 42.6 Å². The standard InChI is InChI=1S/C24H28N4O3/c1-5-31-23(30)28-21-8-6-7-19(18(21)14-25-28)26-22(29)27-20-12-9-15-13-16(24(2,3)4)10-11-17(15)20/h6-8,10-11,13-14,20H,5,9,12H2,1-4H3,(H2,26,27,29)/t20-/m1/s1. The second kappa shape index (κ2) is 8.06. The lowest BCUT2D eigenvalue weighted by Crippen LogP contribution is -2.31. The second-order valence-electron chi connectivity index (χ2n) is 8.85. The molecule has 3 aromatic rings. The molecule has 4 rings (SSSR count). The van der Waals surface area contributed by atoms with Crippen molar-refractivity contribution >= 4 is 28.7 Å². The molecule has 0 bridgehead atoms. The van der Waals surface area contributed by atoms with Crippen molar-refractivity contribution in [2.24, 2.45) is 0 Å². The summed E-state index contributed by atoms with van der Waals surface area (Å²) >= 11 is 0. The molecule has 1 aliphatic rings. The van der Waals surface area contributed by atoms with E-state index < -0.39 is 6.09 Å². The molecule has 1 heterocycles. The maximum absolute atomic E-state index is 12.8. The minimum absolute atomic E-state index is 0.0227. The molecule has 1 aliphatic carbocycles. The third-order valence-corrected chi connectivity index (χ3v) is 5.69. The van der Waals surface area contributed by atoms with E-state index in [1.807, 2.05) is 0 Å². The summed E-state index contributed by atoms with van der Waals surface area (Å²) < 4.78 is 6.22. The van der Waals surface area contributed by atoms with Gasteiger partial charge in [-0.1, -0.05) is 45.0 Å². The van der Waals surface area contributed by atoms with Gasteiger partial charge in [0.1, 0.15) is 0 Å². The number of benzene rings is 2. The zero-order valence-electron chi connectivity index (χ0n) is 18.4. The van der Waals surface area contributed by atoms with Crippen LogP contribution in [-0.4, -0.2) is 28.5 Å². The maximum Gasteiger partial charge on any atom is 0.435 e. The van der Waals surface area contributed by atoms with Crippen molar-refractivity contribution in [3.05, 3.63) is 59.3 Å². The lowest BCUT2D eigenvalue weighted by molar-refractivity contribution is 0.151. The molecule has 2 aromatic carbocycles. The van der Waals surface area contributed by atoms with E-state index in [4.69, 9.17) is 4.74 Å². The molecule has 0 aliphatic heterocycles. The van der Waals surface area contributed by atoms with Gasteiger partial charge >= 0.3 is 12.1 Å². The normalized spacial score (nSPS) is 15.5. The number of aryl methyl sites for hydroxylation is 1. The van der Waals surface area contributed by atoms with Crippen LogP contribution in [0.2, 0.25) is 0 Å². The third-order valence-electron chi connectivity index (χ3n) is 5.69. The van der Waals surface area contributed by atoms with Crippen LogP contribution in [0.4, 0.5) is 15.3 Å². The number of fused-ring (bicyclic) bond motifs is 2. The molecule has 2 amide bonds. The molecule has 0 saturated heterocycles. The summed E-state index contributed by atoms with van der Waals surface area (Å²) in [7, 11) is 0. The van der Waals surface area contributed by atoms with Gasteiger partial charge in [0, 0.05) is 5.39 Å². The molecule has 2 N–H and O–H groups in total. The molecule has 0 unspecified atom stereocenters. The van der Waals surface area contributed by atoms with E-state index in [-0.39, 0.29) is 24.1 Å². The topological polar surface area (TPSA) is 85.2 Å². The van der Waals surface area contributed by atoms with Crippen molar-refractivity contribution in [3.8, 4) is 0 Å². The van der Waals surface area contributed by atoms with Gasteiger partial charge in [0.25, 0.3) is 0 Å². The van der Waals surface area contributed by atoms with Crippen LogP contribution >= 0.6 is 0 Å². The Bertz CT molecular complexity index is 1140. The van der Waals surface area contributed by atoms with E-state index in [2.05, 4.69) is 54.7 Å². The minimum atomic E-state index is -0.545. The van der Waals surface area contributed by atoms with E-state index in [0.717, 1.165) is 12.8 Å². The molecular formula is C24H28N4O3. The van der Waals surface area contributed by atoms with Gasteiger partial charge in [-0.3, -0.25) is 0 Å². The van der Waals surface area contributed by atoms with Gasteiger partial charge in [0.15, 0.2) is 0 Å². The summed E-state index contributed by atoms with van der Waals surface area (Å²) in [6.07, 6.45) is 2.84. The first-order chi connectivity index (χ1) is 14.8. The number of carbonyl (C=O) groups excluding carboxylic acids is 2. The minimum Gasteiger partial charge on any atom is -0.448 e. The summed E-state index contributed by atoms with van der Waals surface area (Å²) in [6, 6.07) is 11.6. The fourth-order valence-corrected chi connectivity index (χ4v) is 4.04. The molecule has 1 atom stereocenters. The van der Waals surface area contributed by atoms with Crippen LogP contribution < -0.4 is 10.6 Å². The van der Waals surface area contributed by atoms with Crippen molar-refractivity contribution in [2.45, 2.75) is 52.0 Å². The molecule has 31 heavy (non-hydrogen) atoms. The zero-order chi connectivity index (χ0) is 22.2. The SMILES string of the molecule is CCOC(=O)n1ncc2c(NC(=O)N[C@@H]3CCc4cc(C(C)(C)C)ccc43)cccc21. The Kier molecular flexibility index (Phi) is 5.43. The molecule has 0 spiro atoms. The van der Waals surface area contributed by atoms with Crippen LogP contribution in [0.3, 0.4) is 0 Å². The lowest BCUT2D eigenvalue weighted by atomic mass is 9.85. The van der Waals surface area contributed by atoms with Crippen molar-refractivity contribution in [1.82, 2.24) is 15.1 Å². The summed E-state index contributed by atoms with van der Waals surface area (Å²) in [5.41, 5.74) is 5.06. The Balaban J connectivity index is 1.50. The summed E-state index contributed by atoms with van der Waals surface area (Å²) in [6.45, 7) is 8.62. The number of anilines is 1. The van der Waals surface area contributed by atoms with Crippen LogP contribution in [0.5, 0.6) is 0 Å².